The smallest absolute Gasteiger partial charge is 0.271 e. The van der Waals surface area contributed by atoms with E-state index in [9.17, 15) is 14.4 Å². The minimum atomic E-state index is -0.554. The van der Waals surface area contributed by atoms with Gasteiger partial charge in [-0.05, 0) is 29.8 Å². The second kappa shape index (κ2) is 9.22. The molecule has 2 rings (SSSR count). The second-order valence-corrected chi connectivity index (χ2v) is 6.33. The molecule has 0 heterocycles. The van der Waals surface area contributed by atoms with Gasteiger partial charge in [-0.15, -0.1) is 0 Å². The maximum Gasteiger partial charge on any atom is 0.271 e. The van der Waals surface area contributed by atoms with E-state index in [1.807, 2.05) is 0 Å². The highest BCUT2D eigenvalue weighted by Gasteiger charge is 2.18. The molecule has 6 nitrogen and oxygen atoms in total. The third-order valence-electron chi connectivity index (χ3n) is 3.47. The van der Waals surface area contributed by atoms with Gasteiger partial charge in [0.15, 0.2) is 0 Å². The predicted octanol–water partition coefficient (Wildman–Crippen LogP) is 3.02. The Morgan fingerprint density at radius 1 is 0.962 bits per heavy atom. The molecule has 3 amide bonds. The molecule has 3 N–H and O–H groups in total. The SMILES string of the molecule is CC(=O)NC(CC(=O)NNC(=O)c1ccccc1Cl)c1ccc(Cl)cc1. The van der Waals surface area contributed by atoms with Gasteiger partial charge in [0, 0.05) is 11.9 Å². The first kappa shape index (κ1) is 19.8. The minimum absolute atomic E-state index is 0.0655. The average molecular weight is 394 g/mol. The first-order chi connectivity index (χ1) is 12.4. The van der Waals surface area contributed by atoms with E-state index in [0.29, 0.717) is 5.02 Å². The zero-order chi connectivity index (χ0) is 19.1. The average Bonchev–Trinajstić information content (AvgIpc) is 2.60. The van der Waals surface area contributed by atoms with E-state index in [-0.39, 0.29) is 22.9 Å². The van der Waals surface area contributed by atoms with Crippen molar-refractivity contribution in [3.8, 4) is 0 Å². The molecule has 1 atom stereocenters. The quantitative estimate of drug-likeness (QED) is 0.682. The fourth-order valence-corrected chi connectivity index (χ4v) is 2.62. The molecule has 0 spiro atoms. The molecule has 0 saturated carbocycles. The summed E-state index contributed by atoms with van der Waals surface area (Å²) in [5.41, 5.74) is 5.58. The summed E-state index contributed by atoms with van der Waals surface area (Å²) in [6.07, 6.45) is -0.0655. The summed E-state index contributed by atoms with van der Waals surface area (Å²) in [5, 5.41) is 3.52. The van der Waals surface area contributed by atoms with E-state index in [0.717, 1.165) is 5.56 Å². The number of benzene rings is 2. The summed E-state index contributed by atoms with van der Waals surface area (Å²) in [6.45, 7) is 1.36. The third kappa shape index (κ3) is 5.75. The van der Waals surface area contributed by atoms with Gasteiger partial charge in [0.2, 0.25) is 11.8 Å². The fourth-order valence-electron chi connectivity index (χ4n) is 2.27. The first-order valence-corrected chi connectivity index (χ1v) is 8.48. The third-order valence-corrected chi connectivity index (χ3v) is 4.05. The lowest BCUT2D eigenvalue weighted by Gasteiger charge is -2.18. The van der Waals surface area contributed by atoms with Crippen LogP contribution in [0, 0.1) is 0 Å². The summed E-state index contributed by atoms with van der Waals surface area (Å²) in [6, 6.07) is 12.7. The van der Waals surface area contributed by atoms with Crippen molar-refractivity contribution >= 4 is 40.9 Å². The molecule has 0 saturated heterocycles. The summed E-state index contributed by atoms with van der Waals surface area (Å²) in [4.78, 5) is 35.6. The van der Waals surface area contributed by atoms with Crippen LogP contribution in [0.1, 0.15) is 35.3 Å². The van der Waals surface area contributed by atoms with Gasteiger partial charge in [-0.2, -0.15) is 0 Å². The van der Waals surface area contributed by atoms with Crippen LogP contribution in [0.3, 0.4) is 0 Å². The topological polar surface area (TPSA) is 87.3 Å². The van der Waals surface area contributed by atoms with Gasteiger partial charge >= 0.3 is 0 Å². The highest BCUT2D eigenvalue weighted by Crippen LogP contribution is 2.19. The number of nitrogens with one attached hydrogen (secondary N) is 3. The minimum Gasteiger partial charge on any atom is -0.349 e. The molecule has 0 bridgehead atoms. The molecule has 0 aliphatic carbocycles. The van der Waals surface area contributed by atoms with Crippen LogP contribution in [0.15, 0.2) is 48.5 Å². The molecule has 2 aromatic rings. The Morgan fingerprint density at radius 3 is 2.23 bits per heavy atom. The molecular weight excluding hydrogens is 377 g/mol. The highest BCUT2D eigenvalue weighted by atomic mass is 35.5. The maximum absolute atomic E-state index is 12.2. The van der Waals surface area contributed by atoms with Crippen LogP contribution >= 0.6 is 23.2 Å². The van der Waals surface area contributed by atoms with Crippen LogP contribution in [0.25, 0.3) is 0 Å². The summed E-state index contributed by atoms with van der Waals surface area (Å²) < 4.78 is 0. The fraction of sp³-hybridized carbons (Fsp3) is 0.167. The number of amides is 3. The predicted molar refractivity (Wildman–Crippen MR) is 99.7 cm³/mol. The lowest BCUT2D eigenvalue weighted by molar-refractivity contribution is -0.123. The zero-order valence-electron chi connectivity index (χ0n) is 13.9. The molecule has 26 heavy (non-hydrogen) atoms. The molecule has 136 valence electrons. The van der Waals surface area contributed by atoms with Gasteiger partial charge in [0.1, 0.15) is 0 Å². The van der Waals surface area contributed by atoms with Crippen molar-refractivity contribution in [2.24, 2.45) is 0 Å². The van der Waals surface area contributed by atoms with Crippen LogP contribution in [0.2, 0.25) is 10.0 Å². The molecule has 8 heteroatoms. The van der Waals surface area contributed by atoms with Crippen molar-refractivity contribution in [3.05, 3.63) is 69.7 Å². The van der Waals surface area contributed by atoms with Crippen molar-refractivity contribution in [2.75, 3.05) is 0 Å². The van der Waals surface area contributed by atoms with Crippen molar-refractivity contribution < 1.29 is 14.4 Å². The van der Waals surface area contributed by atoms with Crippen LogP contribution in [-0.4, -0.2) is 17.7 Å². The number of carbonyl (C=O) groups excluding carboxylic acids is 3. The molecule has 2 aromatic carbocycles. The Balaban J connectivity index is 1.98. The molecule has 0 aromatic heterocycles. The van der Waals surface area contributed by atoms with Gasteiger partial charge in [-0.1, -0.05) is 47.5 Å². The number of rotatable bonds is 5. The molecule has 0 radical (unpaired) electrons. The van der Waals surface area contributed by atoms with E-state index in [2.05, 4.69) is 16.2 Å². The van der Waals surface area contributed by atoms with Crippen molar-refractivity contribution in [2.45, 2.75) is 19.4 Å². The Bertz CT molecular complexity index is 810. The Kier molecular flexibility index (Phi) is 7.00. The zero-order valence-corrected chi connectivity index (χ0v) is 15.4. The number of halogens is 2. The lowest BCUT2D eigenvalue weighted by Crippen LogP contribution is -2.43. The van der Waals surface area contributed by atoms with Crippen LogP contribution in [0.4, 0.5) is 0 Å². The first-order valence-electron chi connectivity index (χ1n) is 7.73. The summed E-state index contributed by atoms with van der Waals surface area (Å²) >= 11 is 11.8. The summed E-state index contributed by atoms with van der Waals surface area (Å²) in [7, 11) is 0. The van der Waals surface area contributed by atoms with Crippen LogP contribution in [-0.2, 0) is 9.59 Å². The largest absolute Gasteiger partial charge is 0.349 e. The normalized spacial score (nSPS) is 11.3. The van der Waals surface area contributed by atoms with Gasteiger partial charge in [0.25, 0.3) is 5.91 Å². The lowest BCUT2D eigenvalue weighted by atomic mass is 10.0. The molecule has 0 aliphatic rings. The van der Waals surface area contributed by atoms with Gasteiger partial charge in [0.05, 0.1) is 23.0 Å². The van der Waals surface area contributed by atoms with Gasteiger partial charge < -0.3 is 5.32 Å². The molecule has 0 fully saturated rings. The number of hydrogen-bond donors (Lipinski definition) is 3. The van der Waals surface area contributed by atoms with Crippen molar-refractivity contribution in [3.63, 3.8) is 0 Å². The Hall–Kier alpha value is -2.57. The van der Waals surface area contributed by atoms with E-state index in [4.69, 9.17) is 23.2 Å². The monoisotopic (exact) mass is 393 g/mol. The van der Waals surface area contributed by atoms with E-state index < -0.39 is 17.9 Å². The van der Waals surface area contributed by atoms with E-state index in [1.165, 1.54) is 13.0 Å². The standard InChI is InChI=1S/C18H17Cl2N3O3/c1-11(24)21-16(12-6-8-13(19)9-7-12)10-17(25)22-23-18(26)14-4-2-3-5-15(14)20/h2-9,16H,10H2,1H3,(H,21,24)(H,22,25)(H,23,26). The number of carbonyl (C=O) groups is 3. The molecule has 1 unspecified atom stereocenters. The van der Waals surface area contributed by atoms with E-state index in [1.54, 1.807) is 42.5 Å². The maximum atomic E-state index is 12.2. The summed E-state index contributed by atoms with van der Waals surface area (Å²) in [5.74, 6) is -1.29. The van der Waals surface area contributed by atoms with E-state index >= 15 is 0 Å². The van der Waals surface area contributed by atoms with Gasteiger partial charge in [-0.25, -0.2) is 0 Å². The van der Waals surface area contributed by atoms with Crippen LogP contribution < -0.4 is 16.2 Å². The second-order valence-electron chi connectivity index (χ2n) is 5.49. The Morgan fingerprint density at radius 2 is 1.62 bits per heavy atom. The highest BCUT2D eigenvalue weighted by molar-refractivity contribution is 6.33. The molecular formula is C18H17Cl2N3O3. The van der Waals surface area contributed by atoms with Crippen molar-refractivity contribution in [1.82, 2.24) is 16.2 Å². The number of hydrogen-bond acceptors (Lipinski definition) is 3. The van der Waals surface area contributed by atoms with Crippen molar-refractivity contribution in [1.29, 1.82) is 0 Å². The molecule has 0 aliphatic heterocycles. The number of hydrazine groups is 1. The van der Waals surface area contributed by atoms with Gasteiger partial charge in [-0.3, -0.25) is 25.2 Å². The van der Waals surface area contributed by atoms with Crippen LogP contribution in [0.5, 0.6) is 0 Å². The Labute approximate surface area is 160 Å².